The van der Waals surface area contributed by atoms with Gasteiger partial charge in [-0.3, -0.25) is 4.79 Å². The van der Waals surface area contributed by atoms with Crippen LogP contribution in [0.1, 0.15) is 22.8 Å². The number of hydrogen-bond donors (Lipinski definition) is 0. The van der Waals surface area contributed by atoms with Gasteiger partial charge in [0.25, 0.3) is 0 Å². The van der Waals surface area contributed by atoms with E-state index in [1.54, 1.807) is 25.1 Å². The van der Waals surface area contributed by atoms with Crippen LogP contribution in [0.25, 0.3) is 0 Å². The fourth-order valence-corrected chi connectivity index (χ4v) is 2.36. The summed E-state index contributed by atoms with van der Waals surface area (Å²) in [7, 11) is 0. The minimum absolute atomic E-state index is 0.0754. The number of allylic oxidation sites excluding steroid dienone is 2. The molecule has 1 heterocycles. The predicted octanol–water partition coefficient (Wildman–Crippen LogP) is 2.14. The van der Waals surface area contributed by atoms with Crippen LogP contribution in [-0.4, -0.2) is 11.8 Å². The number of rotatable bonds is 0. The first-order chi connectivity index (χ1) is 8.13. The maximum atomic E-state index is 11.8. The molecule has 0 saturated heterocycles. The van der Waals surface area contributed by atoms with Gasteiger partial charge >= 0.3 is 5.97 Å². The van der Waals surface area contributed by atoms with E-state index in [0.717, 1.165) is 11.1 Å². The van der Waals surface area contributed by atoms with Crippen molar-refractivity contribution in [3.63, 3.8) is 0 Å². The van der Waals surface area contributed by atoms with E-state index in [-0.39, 0.29) is 11.8 Å². The van der Waals surface area contributed by atoms with Crippen molar-refractivity contribution in [2.45, 2.75) is 12.5 Å². The van der Waals surface area contributed by atoms with Crippen molar-refractivity contribution in [3.8, 4) is 0 Å². The monoisotopic (exact) mass is 226 g/mol. The van der Waals surface area contributed by atoms with Gasteiger partial charge in [0.1, 0.15) is 0 Å². The maximum absolute atomic E-state index is 11.8. The zero-order chi connectivity index (χ0) is 12.0. The van der Waals surface area contributed by atoms with E-state index in [4.69, 9.17) is 4.74 Å². The third kappa shape index (κ3) is 1.22. The molecule has 1 aliphatic heterocycles. The van der Waals surface area contributed by atoms with Gasteiger partial charge in [-0.25, -0.2) is 4.79 Å². The molecule has 17 heavy (non-hydrogen) atoms. The van der Waals surface area contributed by atoms with Crippen LogP contribution >= 0.6 is 0 Å². The summed E-state index contributed by atoms with van der Waals surface area (Å²) in [4.78, 5) is 23.1. The molecule has 84 valence electrons. The number of hydrogen-bond acceptors (Lipinski definition) is 3. The summed E-state index contributed by atoms with van der Waals surface area (Å²) in [6.45, 7) is 1.80. The number of carbonyl (C=O) groups excluding carboxylic acids is 2. The van der Waals surface area contributed by atoms with Crippen molar-refractivity contribution in [3.05, 3.63) is 59.2 Å². The molecule has 1 aromatic carbocycles. The number of esters is 1. The highest BCUT2D eigenvalue weighted by atomic mass is 16.6. The molecule has 0 saturated carbocycles. The Bertz CT molecular complexity index is 595. The average molecular weight is 226 g/mol. The Labute approximate surface area is 98.4 Å². The van der Waals surface area contributed by atoms with E-state index in [2.05, 4.69) is 0 Å². The first-order valence-electron chi connectivity index (χ1n) is 5.38. The second kappa shape index (κ2) is 3.17. The highest BCUT2D eigenvalue weighted by Crippen LogP contribution is 2.44. The van der Waals surface area contributed by atoms with Crippen molar-refractivity contribution >= 4 is 11.8 Å². The zero-order valence-electron chi connectivity index (χ0n) is 9.27. The van der Waals surface area contributed by atoms with E-state index in [1.165, 1.54) is 12.2 Å². The van der Waals surface area contributed by atoms with Crippen molar-refractivity contribution < 1.29 is 14.3 Å². The van der Waals surface area contributed by atoms with Gasteiger partial charge in [0.2, 0.25) is 0 Å². The predicted molar refractivity (Wildman–Crippen MR) is 61.4 cm³/mol. The second-order valence-electron chi connectivity index (χ2n) is 4.23. The van der Waals surface area contributed by atoms with E-state index in [0.29, 0.717) is 5.56 Å². The molecule has 0 amide bonds. The van der Waals surface area contributed by atoms with Crippen molar-refractivity contribution in [1.29, 1.82) is 0 Å². The summed E-state index contributed by atoms with van der Waals surface area (Å²) in [5, 5.41) is 0. The minimum Gasteiger partial charge on any atom is -0.442 e. The van der Waals surface area contributed by atoms with Crippen molar-refractivity contribution in [1.82, 2.24) is 0 Å². The Morgan fingerprint density at radius 2 is 1.94 bits per heavy atom. The molecular weight excluding hydrogens is 216 g/mol. The molecule has 3 heteroatoms. The third-order valence-electron chi connectivity index (χ3n) is 3.23. The third-order valence-corrected chi connectivity index (χ3v) is 3.23. The molecule has 0 N–H and O–H groups in total. The topological polar surface area (TPSA) is 43.4 Å². The van der Waals surface area contributed by atoms with Gasteiger partial charge in [0, 0.05) is 5.56 Å². The van der Waals surface area contributed by atoms with Gasteiger partial charge in [-0.1, -0.05) is 18.2 Å². The maximum Gasteiger partial charge on any atom is 0.340 e. The summed E-state index contributed by atoms with van der Waals surface area (Å²) in [5.74, 6) is -0.416. The molecule has 1 aliphatic carbocycles. The number of ketones is 1. The minimum atomic E-state index is -0.873. The lowest BCUT2D eigenvalue weighted by molar-refractivity contribution is -0.110. The van der Waals surface area contributed by atoms with Gasteiger partial charge < -0.3 is 4.74 Å². The fourth-order valence-electron chi connectivity index (χ4n) is 2.36. The Balaban J connectivity index is 2.25. The fraction of sp³-hybridized carbons (Fsp3) is 0.143. The molecule has 3 nitrogen and oxygen atoms in total. The highest BCUT2D eigenvalue weighted by Gasteiger charge is 2.46. The lowest BCUT2D eigenvalue weighted by Crippen LogP contribution is -2.28. The molecule has 0 radical (unpaired) electrons. The first kappa shape index (κ1) is 10.0. The van der Waals surface area contributed by atoms with Crippen molar-refractivity contribution in [2.75, 3.05) is 0 Å². The number of ether oxygens (including phenoxy) is 1. The molecule has 3 rings (SSSR count). The van der Waals surface area contributed by atoms with Crippen LogP contribution in [0, 0.1) is 0 Å². The van der Waals surface area contributed by atoms with Gasteiger partial charge in [-0.05, 0) is 36.8 Å². The summed E-state index contributed by atoms with van der Waals surface area (Å²) in [6, 6.07) is 7.26. The van der Waals surface area contributed by atoms with E-state index >= 15 is 0 Å². The van der Waals surface area contributed by atoms with Crippen LogP contribution in [-0.2, 0) is 15.1 Å². The van der Waals surface area contributed by atoms with Gasteiger partial charge in [-0.2, -0.15) is 0 Å². The van der Waals surface area contributed by atoms with Crippen LogP contribution in [0.3, 0.4) is 0 Å². The Kier molecular flexibility index (Phi) is 1.87. The molecule has 1 unspecified atom stereocenters. The molecule has 2 aliphatic rings. The van der Waals surface area contributed by atoms with Gasteiger partial charge in [-0.15, -0.1) is 0 Å². The molecule has 1 atom stereocenters. The van der Waals surface area contributed by atoms with Gasteiger partial charge in [0.05, 0.1) is 5.56 Å². The standard InChI is InChI=1S/C14H10O3/c1-9-8-10(15)6-7-14(9)12-5-3-2-4-11(12)13(16)17-14/h2-8H,1H3. The number of fused-ring (bicyclic) bond motifs is 2. The molecule has 1 spiro atoms. The van der Waals surface area contributed by atoms with E-state index in [1.807, 2.05) is 12.1 Å². The summed E-state index contributed by atoms with van der Waals surface area (Å²) in [6.07, 6.45) is 4.62. The summed E-state index contributed by atoms with van der Waals surface area (Å²) in [5.41, 5.74) is 1.24. The number of carbonyl (C=O) groups is 2. The largest absolute Gasteiger partial charge is 0.442 e. The normalized spacial score (nSPS) is 25.8. The molecular formula is C14H10O3. The average Bonchev–Trinajstić information content (AvgIpc) is 2.60. The second-order valence-corrected chi connectivity index (χ2v) is 4.23. The molecule has 0 fully saturated rings. The van der Waals surface area contributed by atoms with Crippen LogP contribution in [0.2, 0.25) is 0 Å². The van der Waals surface area contributed by atoms with Gasteiger partial charge in [0.15, 0.2) is 11.4 Å². The van der Waals surface area contributed by atoms with E-state index < -0.39 is 5.60 Å². The molecule has 1 aromatic rings. The first-order valence-corrected chi connectivity index (χ1v) is 5.38. The number of benzene rings is 1. The Morgan fingerprint density at radius 3 is 2.71 bits per heavy atom. The summed E-state index contributed by atoms with van der Waals surface area (Å²) < 4.78 is 5.47. The molecule has 0 bridgehead atoms. The van der Waals surface area contributed by atoms with E-state index in [9.17, 15) is 9.59 Å². The van der Waals surface area contributed by atoms with Crippen LogP contribution in [0.4, 0.5) is 0 Å². The lowest BCUT2D eigenvalue weighted by atomic mass is 9.82. The lowest BCUT2D eigenvalue weighted by Gasteiger charge is -2.28. The van der Waals surface area contributed by atoms with Crippen LogP contribution in [0.15, 0.2) is 48.1 Å². The quantitative estimate of drug-likeness (QED) is 0.636. The zero-order valence-corrected chi connectivity index (χ0v) is 9.27. The Hall–Kier alpha value is -2.16. The Morgan fingerprint density at radius 1 is 1.18 bits per heavy atom. The smallest absolute Gasteiger partial charge is 0.340 e. The highest BCUT2D eigenvalue weighted by molar-refractivity contribution is 6.03. The van der Waals surface area contributed by atoms with Crippen molar-refractivity contribution in [2.24, 2.45) is 0 Å². The van der Waals surface area contributed by atoms with Crippen LogP contribution in [0.5, 0.6) is 0 Å². The van der Waals surface area contributed by atoms with Crippen LogP contribution < -0.4 is 0 Å². The molecule has 0 aromatic heterocycles. The SMILES string of the molecule is CC1=CC(=O)C=CC12OC(=O)c1ccccc12. The summed E-state index contributed by atoms with van der Waals surface area (Å²) >= 11 is 0.